The van der Waals surface area contributed by atoms with Gasteiger partial charge in [0.15, 0.2) is 5.78 Å². The zero-order valence-electron chi connectivity index (χ0n) is 15.9. The van der Waals surface area contributed by atoms with Gasteiger partial charge in [0.2, 0.25) is 0 Å². The lowest BCUT2D eigenvalue weighted by molar-refractivity contribution is 0.0656. The molecule has 0 aliphatic heterocycles. The zero-order chi connectivity index (χ0) is 17.6. The van der Waals surface area contributed by atoms with Gasteiger partial charge in [0.1, 0.15) is 0 Å². The Bertz CT molecular complexity index is 490. The van der Waals surface area contributed by atoms with E-state index in [1.54, 1.807) is 0 Å². The van der Waals surface area contributed by atoms with E-state index < -0.39 is 5.54 Å². The van der Waals surface area contributed by atoms with E-state index in [9.17, 15) is 4.79 Å². The van der Waals surface area contributed by atoms with Gasteiger partial charge in [-0.05, 0) is 65.3 Å². The van der Waals surface area contributed by atoms with E-state index in [4.69, 9.17) is 0 Å². The number of hydrogen-bond acceptors (Lipinski definition) is 4. The molecule has 4 heteroatoms. The Morgan fingerprint density at radius 3 is 1.83 bits per heavy atom. The monoisotopic (exact) mass is 319 g/mol. The molecule has 1 aromatic rings. The Kier molecular flexibility index (Phi) is 7.23. The molecule has 0 bridgehead atoms. The number of likely N-dealkylation sites (N-methyl/N-ethyl adjacent to an activating group) is 3. The molecule has 0 unspecified atom stereocenters. The molecule has 1 rings (SSSR count). The van der Waals surface area contributed by atoms with Crippen LogP contribution in [0.3, 0.4) is 0 Å². The van der Waals surface area contributed by atoms with Gasteiger partial charge in [-0.15, -0.1) is 0 Å². The Morgan fingerprint density at radius 2 is 1.43 bits per heavy atom. The van der Waals surface area contributed by atoms with Crippen molar-refractivity contribution in [1.29, 1.82) is 0 Å². The van der Waals surface area contributed by atoms with Crippen molar-refractivity contribution in [2.75, 3.05) is 53.2 Å². The van der Waals surface area contributed by atoms with Gasteiger partial charge in [0.05, 0.1) is 5.54 Å². The highest BCUT2D eigenvalue weighted by molar-refractivity contribution is 6.03. The van der Waals surface area contributed by atoms with Crippen LogP contribution in [-0.2, 0) is 0 Å². The quantitative estimate of drug-likeness (QED) is 0.654. The molecule has 23 heavy (non-hydrogen) atoms. The van der Waals surface area contributed by atoms with Gasteiger partial charge >= 0.3 is 0 Å². The van der Waals surface area contributed by atoms with Crippen molar-refractivity contribution in [3.05, 3.63) is 29.8 Å². The van der Waals surface area contributed by atoms with Crippen molar-refractivity contribution < 1.29 is 4.79 Å². The van der Waals surface area contributed by atoms with Crippen LogP contribution in [0, 0.1) is 0 Å². The summed E-state index contributed by atoms with van der Waals surface area (Å²) >= 11 is 0. The average molecular weight is 319 g/mol. The second-order valence-electron chi connectivity index (χ2n) is 6.73. The number of hydrogen-bond donors (Lipinski definition) is 0. The van der Waals surface area contributed by atoms with Gasteiger partial charge < -0.3 is 9.80 Å². The molecule has 0 saturated heterocycles. The molecule has 0 fully saturated rings. The first-order valence-corrected chi connectivity index (χ1v) is 8.46. The lowest BCUT2D eigenvalue weighted by atomic mass is 9.83. The lowest BCUT2D eigenvalue weighted by Crippen LogP contribution is -2.50. The third-order valence-electron chi connectivity index (χ3n) is 4.90. The Labute approximate surface area is 142 Å². The van der Waals surface area contributed by atoms with Gasteiger partial charge in [0, 0.05) is 31.4 Å². The molecular weight excluding hydrogens is 286 g/mol. The third kappa shape index (κ3) is 4.55. The summed E-state index contributed by atoms with van der Waals surface area (Å²) in [6, 6.07) is 8.03. The minimum atomic E-state index is -0.404. The molecule has 0 saturated carbocycles. The molecule has 0 spiro atoms. The van der Waals surface area contributed by atoms with Crippen molar-refractivity contribution in [3.63, 3.8) is 0 Å². The molecule has 1 aromatic carbocycles. The molecule has 0 radical (unpaired) electrons. The average Bonchev–Trinajstić information content (AvgIpc) is 2.54. The van der Waals surface area contributed by atoms with Crippen LogP contribution in [0.5, 0.6) is 0 Å². The maximum Gasteiger partial charge on any atom is 0.183 e. The number of anilines is 1. The summed E-state index contributed by atoms with van der Waals surface area (Å²) in [5.41, 5.74) is 1.54. The minimum Gasteiger partial charge on any atom is -0.373 e. The predicted molar refractivity (Wildman–Crippen MR) is 99.6 cm³/mol. The summed E-state index contributed by atoms with van der Waals surface area (Å²) in [5.74, 6) is 0.218. The van der Waals surface area contributed by atoms with Crippen LogP contribution in [0.4, 0.5) is 5.69 Å². The molecule has 0 amide bonds. The van der Waals surface area contributed by atoms with Gasteiger partial charge in [-0.1, -0.05) is 13.8 Å². The van der Waals surface area contributed by atoms with Crippen LogP contribution in [0.25, 0.3) is 0 Å². The highest BCUT2D eigenvalue weighted by atomic mass is 16.1. The summed E-state index contributed by atoms with van der Waals surface area (Å²) < 4.78 is 0. The zero-order valence-corrected chi connectivity index (χ0v) is 15.9. The summed E-state index contributed by atoms with van der Waals surface area (Å²) in [6.07, 6.45) is 1.64. The molecule has 0 N–H and O–H groups in total. The summed E-state index contributed by atoms with van der Waals surface area (Å²) in [5, 5.41) is 0. The topological polar surface area (TPSA) is 26.8 Å². The number of nitrogens with zero attached hydrogens (tertiary/aromatic N) is 3. The van der Waals surface area contributed by atoms with Gasteiger partial charge in [-0.25, -0.2) is 0 Å². The van der Waals surface area contributed by atoms with Crippen molar-refractivity contribution >= 4 is 11.5 Å². The van der Waals surface area contributed by atoms with E-state index in [1.165, 1.54) is 0 Å². The van der Waals surface area contributed by atoms with Gasteiger partial charge in [-0.3, -0.25) is 9.69 Å². The first-order chi connectivity index (χ1) is 10.8. The Balaban J connectivity index is 2.93. The lowest BCUT2D eigenvalue weighted by Gasteiger charge is -2.37. The number of Topliss-reactive ketones (excluding diaryl/α,β-unsaturated/α-hetero) is 1. The van der Waals surface area contributed by atoms with Crippen molar-refractivity contribution in [3.8, 4) is 0 Å². The van der Waals surface area contributed by atoms with Crippen LogP contribution < -0.4 is 4.90 Å². The van der Waals surface area contributed by atoms with Crippen molar-refractivity contribution in [2.45, 2.75) is 32.2 Å². The standard InChI is InChI=1S/C19H33N3O/c1-8-19(9-2,21(5)6)18(23)16-10-12-17(13-11-16)22(7)15-14-20(3)4/h10-13H,8-9,14-15H2,1-7H3. The molecule has 0 aromatic heterocycles. The highest BCUT2D eigenvalue weighted by Gasteiger charge is 2.37. The largest absolute Gasteiger partial charge is 0.373 e. The number of carbonyl (C=O) groups excluding carboxylic acids is 1. The molecule has 4 nitrogen and oxygen atoms in total. The fourth-order valence-corrected chi connectivity index (χ4v) is 3.02. The summed E-state index contributed by atoms with van der Waals surface area (Å²) in [4.78, 5) is 19.5. The first kappa shape index (κ1) is 19.7. The molecule has 0 aliphatic carbocycles. The second kappa shape index (κ2) is 8.46. The van der Waals surface area contributed by atoms with E-state index >= 15 is 0 Å². The Morgan fingerprint density at radius 1 is 0.913 bits per heavy atom. The third-order valence-corrected chi connectivity index (χ3v) is 4.90. The molecule has 0 aliphatic rings. The molecule has 0 atom stereocenters. The predicted octanol–water partition coefficient (Wildman–Crippen LogP) is 2.99. The van der Waals surface area contributed by atoms with E-state index in [0.717, 1.165) is 37.2 Å². The van der Waals surface area contributed by atoms with E-state index in [-0.39, 0.29) is 5.78 Å². The number of ketones is 1. The minimum absolute atomic E-state index is 0.218. The van der Waals surface area contributed by atoms with E-state index in [2.05, 4.69) is 61.8 Å². The molecule has 130 valence electrons. The summed E-state index contributed by atoms with van der Waals surface area (Å²) in [7, 11) is 10.2. The number of benzene rings is 1. The number of carbonyl (C=O) groups is 1. The maximum atomic E-state index is 13.0. The fraction of sp³-hybridized carbons (Fsp3) is 0.632. The number of rotatable bonds is 9. The maximum absolute atomic E-state index is 13.0. The molecular formula is C19H33N3O. The SMILES string of the molecule is CCC(CC)(C(=O)c1ccc(N(C)CCN(C)C)cc1)N(C)C. The second-order valence-corrected chi connectivity index (χ2v) is 6.73. The summed E-state index contributed by atoms with van der Waals surface area (Å²) in [6.45, 7) is 6.15. The smallest absolute Gasteiger partial charge is 0.183 e. The van der Waals surface area contributed by atoms with Crippen LogP contribution in [0.15, 0.2) is 24.3 Å². The van der Waals surface area contributed by atoms with Crippen molar-refractivity contribution in [2.24, 2.45) is 0 Å². The van der Waals surface area contributed by atoms with Crippen LogP contribution >= 0.6 is 0 Å². The van der Waals surface area contributed by atoms with Crippen LogP contribution in [-0.4, -0.2) is 69.4 Å². The Hall–Kier alpha value is -1.39. The highest BCUT2D eigenvalue weighted by Crippen LogP contribution is 2.27. The van der Waals surface area contributed by atoms with Crippen LogP contribution in [0.1, 0.15) is 37.0 Å². The van der Waals surface area contributed by atoms with Gasteiger partial charge in [-0.2, -0.15) is 0 Å². The van der Waals surface area contributed by atoms with E-state index in [0.29, 0.717) is 0 Å². The fourth-order valence-electron chi connectivity index (χ4n) is 3.02. The van der Waals surface area contributed by atoms with E-state index in [1.807, 2.05) is 26.2 Å². The first-order valence-electron chi connectivity index (χ1n) is 8.46. The van der Waals surface area contributed by atoms with Crippen LogP contribution in [0.2, 0.25) is 0 Å². The van der Waals surface area contributed by atoms with Crippen molar-refractivity contribution in [1.82, 2.24) is 9.80 Å². The molecule has 0 heterocycles. The normalized spacial score (nSPS) is 12.0. The van der Waals surface area contributed by atoms with Gasteiger partial charge in [0.25, 0.3) is 0 Å².